The van der Waals surface area contributed by atoms with Gasteiger partial charge in [0.25, 0.3) is 0 Å². The first-order valence-corrected chi connectivity index (χ1v) is 6.50. The summed E-state index contributed by atoms with van der Waals surface area (Å²) < 4.78 is 5.26. The van der Waals surface area contributed by atoms with Crippen molar-refractivity contribution in [3.63, 3.8) is 0 Å². The van der Waals surface area contributed by atoms with Crippen LogP contribution in [0.5, 0.6) is 5.75 Å². The third-order valence-electron chi connectivity index (χ3n) is 2.90. The Hall–Kier alpha value is -1.02. The maximum Gasteiger partial charge on any atom is 0.121 e. The van der Waals surface area contributed by atoms with Gasteiger partial charge in [0.1, 0.15) is 5.75 Å². The molecule has 0 aliphatic heterocycles. The van der Waals surface area contributed by atoms with Gasteiger partial charge in [-0.05, 0) is 49.9 Å². The predicted molar refractivity (Wildman–Crippen MR) is 73.8 cm³/mol. The van der Waals surface area contributed by atoms with Crippen molar-refractivity contribution >= 4 is 0 Å². The van der Waals surface area contributed by atoms with Gasteiger partial charge in [-0.25, -0.2) is 0 Å². The van der Waals surface area contributed by atoms with Gasteiger partial charge in [-0.3, -0.25) is 0 Å². The van der Waals surface area contributed by atoms with E-state index in [9.17, 15) is 0 Å². The van der Waals surface area contributed by atoms with Crippen LogP contribution in [0.15, 0.2) is 18.2 Å². The molecule has 0 fully saturated rings. The molecule has 0 heterocycles. The minimum absolute atomic E-state index is 0.596. The fourth-order valence-electron chi connectivity index (χ4n) is 1.94. The monoisotopic (exact) mass is 235 g/mol. The second-order valence-electron chi connectivity index (χ2n) is 4.87. The number of methoxy groups -OCH3 is 1. The summed E-state index contributed by atoms with van der Waals surface area (Å²) >= 11 is 0. The molecule has 0 aromatic heterocycles. The average molecular weight is 235 g/mol. The standard InChI is InChI=1S/C15H25NO/c1-12(2)16-10-6-5-7-14-8-9-15(17-4)13(3)11-14/h8-9,11-12,16H,5-7,10H2,1-4H3. The topological polar surface area (TPSA) is 21.3 Å². The number of aryl methyl sites for hydroxylation is 2. The zero-order chi connectivity index (χ0) is 12.7. The molecule has 1 aromatic rings. The molecule has 2 nitrogen and oxygen atoms in total. The van der Waals surface area contributed by atoms with Crippen LogP contribution in [-0.2, 0) is 6.42 Å². The predicted octanol–water partition coefficient (Wildman–Crippen LogP) is 3.32. The number of benzene rings is 1. The lowest BCUT2D eigenvalue weighted by molar-refractivity contribution is 0.411. The van der Waals surface area contributed by atoms with E-state index in [2.05, 4.69) is 44.3 Å². The highest BCUT2D eigenvalue weighted by atomic mass is 16.5. The molecule has 0 atom stereocenters. The zero-order valence-corrected chi connectivity index (χ0v) is 11.5. The molecular weight excluding hydrogens is 210 g/mol. The van der Waals surface area contributed by atoms with Gasteiger partial charge in [0.15, 0.2) is 0 Å². The Morgan fingerprint density at radius 1 is 1.24 bits per heavy atom. The number of hydrogen-bond donors (Lipinski definition) is 1. The van der Waals surface area contributed by atoms with Gasteiger partial charge in [-0.1, -0.05) is 26.0 Å². The highest BCUT2D eigenvalue weighted by molar-refractivity contribution is 5.36. The first-order valence-electron chi connectivity index (χ1n) is 6.50. The van der Waals surface area contributed by atoms with Crippen molar-refractivity contribution in [1.82, 2.24) is 5.32 Å². The van der Waals surface area contributed by atoms with Crippen molar-refractivity contribution in [1.29, 1.82) is 0 Å². The summed E-state index contributed by atoms with van der Waals surface area (Å²) in [5.74, 6) is 0.982. The van der Waals surface area contributed by atoms with Crippen molar-refractivity contribution in [3.8, 4) is 5.75 Å². The molecule has 1 rings (SSSR count). The van der Waals surface area contributed by atoms with Crippen molar-refractivity contribution in [2.75, 3.05) is 13.7 Å². The smallest absolute Gasteiger partial charge is 0.121 e. The molecule has 0 saturated heterocycles. The fourth-order valence-corrected chi connectivity index (χ4v) is 1.94. The van der Waals surface area contributed by atoms with Crippen LogP contribution >= 0.6 is 0 Å². The molecule has 0 amide bonds. The highest BCUT2D eigenvalue weighted by Crippen LogP contribution is 2.19. The molecule has 0 unspecified atom stereocenters. The zero-order valence-electron chi connectivity index (χ0n) is 11.5. The van der Waals surface area contributed by atoms with Gasteiger partial charge in [-0.2, -0.15) is 0 Å². The average Bonchev–Trinajstić information content (AvgIpc) is 2.28. The third-order valence-corrected chi connectivity index (χ3v) is 2.90. The Balaban J connectivity index is 2.30. The molecule has 17 heavy (non-hydrogen) atoms. The van der Waals surface area contributed by atoms with E-state index in [1.165, 1.54) is 24.0 Å². The lowest BCUT2D eigenvalue weighted by atomic mass is 10.1. The minimum Gasteiger partial charge on any atom is -0.496 e. The van der Waals surface area contributed by atoms with Crippen molar-refractivity contribution in [2.45, 2.75) is 46.1 Å². The van der Waals surface area contributed by atoms with E-state index >= 15 is 0 Å². The molecule has 0 saturated carbocycles. The second-order valence-corrected chi connectivity index (χ2v) is 4.87. The highest BCUT2D eigenvalue weighted by Gasteiger charge is 2.00. The molecule has 0 bridgehead atoms. The normalized spacial score (nSPS) is 10.9. The summed E-state index contributed by atoms with van der Waals surface area (Å²) in [5, 5.41) is 3.44. The van der Waals surface area contributed by atoms with Gasteiger partial charge in [-0.15, -0.1) is 0 Å². The van der Waals surface area contributed by atoms with Crippen molar-refractivity contribution < 1.29 is 4.74 Å². The number of nitrogens with one attached hydrogen (secondary N) is 1. The first-order chi connectivity index (χ1) is 8.13. The quantitative estimate of drug-likeness (QED) is 0.732. The van der Waals surface area contributed by atoms with Crippen LogP contribution in [0.4, 0.5) is 0 Å². The van der Waals surface area contributed by atoms with Crippen LogP contribution in [0.1, 0.15) is 37.8 Å². The Kier molecular flexibility index (Phi) is 6.06. The number of hydrogen-bond acceptors (Lipinski definition) is 2. The lowest BCUT2D eigenvalue weighted by Crippen LogP contribution is -2.23. The number of rotatable bonds is 7. The number of ether oxygens (including phenoxy) is 1. The molecule has 0 aliphatic carbocycles. The van der Waals surface area contributed by atoms with E-state index in [1.807, 2.05) is 0 Å². The van der Waals surface area contributed by atoms with Crippen molar-refractivity contribution in [2.24, 2.45) is 0 Å². The van der Waals surface area contributed by atoms with E-state index in [-0.39, 0.29) is 0 Å². The van der Waals surface area contributed by atoms with E-state index in [1.54, 1.807) is 7.11 Å². The molecule has 0 aliphatic rings. The Morgan fingerprint density at radius 2 is 2.00 bits per heavy atom. The maximum absolute atomic E-state index is 5.26. The third kappa shape index (κ3) is 5.22. The summed E-state index contributed by atoms with van der Waals surface area (Å²) in [5.41, 5.74) is 2.64. The molecular formula is C15H25NO. The van der Waals surface area contributed by atoms with E-state index in [0.29, 0.717) is 6.04 Å². The largest absolute Gasteiger partial charge is 0.496 e. The van der Waals surface area contributed by atoms with Crippen LogP contribution in [0.2, 0.25) is 0 Å². The van der Waals surface area contributed by atoms with Crippen LogP contribution in [0.25, 0.3) is 0 Å². The molecule has 96 valence electrons. The van der Waals surface area contributed by atoms with Crippen LogP contribution in [-0.4, -0.2) is 19.7 Å². The van der Waals surface area contributed by atoms with Gasteiger partial charge in [0.05, 0.1) is 7.11 Å². The summed E-state index contributed by atoms with van der Waals surface area (Å²) in [6.45, 7) is 7.59. The Bertz CT molecular complexity index is 334. The Morgan fingerprint density at radius 3 is 2.59 bits per heavy atom. The van der Waals surface area contributed by atoms with E-state index in [4.69, 9.17) is 4.74 Å². The fraction of sp³-hybridized carbons (Fsp3) is 0.600. The lowest BCUT2D eigenvalue weighted by Gasteiger charge is -2.09. The van der Waals surface area contributed by atoms with Gasteiger partial charge < -0.3 is 10.1 Å². The van der Waals surface area contributed by atoms with Crippen LogP contribution < -0.4 is 10.1 Å². The number of unbranched alkanes of at least 4 members (excludes halogenated alkanes) is 1. The molecule has 2 heteroatoms. The summed E-state index contributed by atoms with van der Waals surface area (Å²) in [7, 11) is 1.72. The summed E-state index contributed by atoms with van der Waals surface area (Å²) in [6.07, 6.45) is 3.64. The molecule has 1 N–H and O–H groups in total. The maximum atomic E-state index is 5.26. The second kappa shape index (κ2) is 7.33. The summed E-state index contributed by atoms with van der Waals surface area (Å²) in [6, 6.07) is 7.06. The summed E-state index contributed by atoms with van der Waals surface area (Å²) in [4.78, 5) is 0. The molecule has 0 spiro atoms. The van der Waals surface area contributed by atoms with Gasteiger partial charge in [0, 0.05) is 6.04 Å². The SMILES string of the molecule is COc1ccc(CCCCNC(C)C)cc1C. The molecule has 1 aromatic carbocycles. The first kappa shape index (κ1) is 14.0. The van der Waals surface area contributed by atoms with Gasteiger partial charge in [0.2, 0.25) is 0 Å². The molecule has 0 radical (unpaired) electrons. The van der Waals surface area contributed by atoms with Crippen LogP contribution in [0, 0.1) is 6.92 Å². The van der Waals surface area contributed by atoms with Crippen LogP contribution in [0.3, 0.4) is 0 Å². The Labute approximate surface area is 105 Å². The van der Waals surface area contributed by atoms with Gasteiger partial charge >= 0.3 is 0 Å². The van der Waals surface area contributed by atoms with E-state index in [0.717, 1.165) is 18.7 Å². The van der Waals surface area contributed by atoms with Crippen molar-refractivity contribution in [3.05, 3.63) is 29.3 Å². The minimum atomic E-state index is 0.596. The van der Waals surface area contributed by atoms with E-state index < -0.39 is 0 Å².